The Hall–Kier alpha value is -2.69. The summed E-state index contributed by atoms with van der Waals surface area (Å²) in [5.74, 6) is 0.767. The van der Waals surface area contributed by atoms with Crippen molar-refractivity contribution < 1.29 is 10.3 Å². The van der Waals surface area contributed by atoms with Gasteiger partial charge in [-0.1, -0.05) is 37.2 Å². The number of phenolic OH excluding ortho intramolecular Hbond substituents is 1. The molecular formula is C20H27N3O2. The minimum atomic E-state index is 0.0914. The van der Waals surface area contributed by atoms with Gasteiger partial charge in [-0.3, -0.25) is 0 Å². The third-order valence-electron chi connectivity index (χ3n) is 4.45. The van der Waals surface area contributed by atoms with E-state index in [1.807, 2.05) is 43.7 Å². The molecule has 0 aliphatic rings. The van der Waals surface area contributed by atoms with Crippen LogP contribution in [-0.2, 0) is 13.5 Å². The standard InChI is InChI=1S/C20H27N3O2/c1-6-13(4)17-18(14-7-9-15(24)10-8-14)16(11-12(2)3)23(5)19(17)20(21)22-25/h6-10,12,24-25H,11H2,1-5H3,(H2,21,22). The van der Waals surface area contributed by atoms with Crippen LogP contribution in [0.5, 0.6) is 5.75 Å². The van der Waals surface area contributed by atoms with E-state index in [-0.39, 0.29) is 11.6 Å². The van der Waals surface area contributed by atoms with Gasteiger partial charge in [0, 0.05) is 23.9 Å². The third-order valence-corrected chi connectivity index (χ3v) is 4.45. The first-order chi connectivity index (χ1) is 11.8. The number of oxime groups is 1. The average molecular weight is 341 g/mol. The third kappa shape index (κ3) is 3.55. The fourth-order valence-electron chi connectivity index (χ4n) is 3.17. The monoisotopic (exact) mass is 341 g/mol. The van der Waals surface area contributed by atoms with E-state index in [0.717, 1.165) is 34.4 Å². The minimum Gasteiger partial charge on any atom is -0.508 e. The van der Waals surface area contributed by atoms with Crippen LogP contribution in [0, 0.1) is 5.92 Å². The Morgan fingerprint density at radius 2 is 1.88 bits per heavy atom. The molecule has 5 heteroatoms. The molecule has 0 saturated carbocycles. The van der Waals surface area contributed by atoms with E-state index in [1.54, 1.807) is 12.1 Å². The number of benzene rings is 1. The number of aromatic nitrogens is 1. The summed E-state index contributed by atoms with van der Waals surface area (Å²) in [5, 5.41) is 22.2. The zero-order valence-corrected chi connectivity index (χ0v) is 15.5. The molecule has 25 heavy (non-hydrogen) atoms. The smallest absolute Gasteiger partial charge is 0.187 e. The molecule has 0 radical (unpaired) electrons. The van der Waals surface area contributed by atoms with Crippen LogP contribution >= 0.6 is 0 Å². The molecule has 2 aromatic rings. The second kappa shape index (κ2) is 7.47. The highest BCUT2D eigenvalue weighted by Gasteiger charge is 2.25. The Balaban J connectivity index is 2.92. The van der Waals surface area contributed by atoms with Gasteiger partial charge in [0.25, 0.3) is 0 Å². The van der Waals surface area contributed by atoms with E-state index in [4.69, 9.17) is 5.73 Å². The van der Waals surface area contributed by atoms with E-state index in [0.29, 0.717) is 11.6 Å². The SMILES string of the molecule is CC=C(C)c1c(-c2ccc(O)cc2)c(CC(C)C)n(C)c1C(N)=NO. The molecule has 4 N–H and O–H groups in total. The molecule has 0 bridgehead atoms. The molecule has 1 aromatic heterocycles. The van der Waals surface area contributed by atoms with Gasteiger partial charge in [-0.05, 0) is 49.5 Å². The van der Waals surface area contributed by atoms with E-state index in [9.17, 15) is 10.3 Å². The Morgan fingerprint density at radius 3 is 2.36 bits per heavy atom. The lowest BCUT2D eigenvalue weighted by atomic mass is 9.92. The van der Waals surface area contributed by atoms with Crippen LogP contribution < -0.4 is 5.73 Å². The summed E-state index contributed by atoms with van der Waals surface area (Å²) in [5.41, 5.74) is 11.9. The van der Waals surface area contributed by atoms with Gasteiger partial charge in [0.2, 0.25) is 0 Å². The number of nitrogens with zero attached hydrogens (tertiary/aromatic N) is 2. The number of nitrogens with two attached hydrogens (primary N) is 1. The Bertz CT molecular complexity index is 812. The normalized spacial score (nSPS) is 12.9. The maximum absolute atomic E-state index is 9.64. The number of hydrogen-bond donors (Lipinski definition) is 3. The summed E-state index contributed by atoms with van der Waals surface area (Å²) in [6.45, 7) is 8.32. The molecule has 5 nitrogen and oxygen atoms in total. The van der Waals surface area contributed by atoms with Crippen LogP contribution in [-0.4, -0.2) is 20.7 Å². The predicted molar refractivity (Wildman–Crippen MR) is 103 cm³/mol. The molecule has 0 amide bonds. The number of phenols is 1. The van der Waals surface area contributed by atoms with E-state index >= 15 is 0 Å². The average Bonchev–Trinajstić information content (AvgIpc) is 2.86. The molecule has 0 unspecified atom stereocenters. The molecule has 0 saturated heterocycles. The van der Waals surface area contributed by atoms with Crippen LogP contribution in [0.2, 0.25) is 0 Å². The summed E-state index contributed by atoms with van der Waals surface area (Å²) >= 11 is 0. The summed E-state index contributed by atoms with van der Waals surface area (Å²) in [6.07, 6.45) is 2.88. The largest absolute Gasteiger partial charge is 0.508 e. The van der Waals surface area contributed by atoms with Gasteiger partial charge < -0.3 is 20.6 Å². The van der Waals surface area contributed by atoms with Crippen molar-refractivity contribution >= 4 is 11.4 Å². The second-order valence-electron chi connectivity index (χ2n) is 6.71. The fraction of sp³-hybridized carbons (Fsp3) is 0.350. The maximum atomic E-state index is 9.64. The van der Waals surface area contributed by atoms with Crippen molar-refractivity contribution in [3.8, 4) is 16.9 Å². The molecule has 0 aliphatic heterocycles. The van der Waals surface area contributed by atoms with Gasteiger partial charge in [0.15, 0.2) is 5.84 Å². The number of amidine groups is 1. The molecular weight excluding hydrogens is 314 g/mol. The molecule has 0 spiro atoms. The van der Waals surface area contributed by atoms with Gasteiger partial charge in [0.05, 0.1) is 5.69 Å². The minimum absolute atomic E-state index is 0.0914. The van der Waals surface area contributed by atoms with E-state index < -0.39 is 0 Å². The molecule has 0 aliphatic carbocycles. The number of hydrogen-bond acceptors (Lipinski definition) is 3. The van der Waals surface area contributed by atoms with Crippen LogP contribution in [0.3, 0.4) is 0 Å². The molecule has 1 heterocycles. The van der Waals surface area contributed by atoms with Crippen LogP contribution in [0.25, 0.3) is 16.7 Å². The summed E-state index contributed by atoms with van der Waals surface area (Å²) < 4.78 is 2.01. The Morgan fingerprint density at radius 1 is 1.28 bits per heavy atom. The number of allylic oxidation sites excluding steroid dienone is 2. The van der Waals surface area contributed by atoms with Crippen LogP contribution in [0.4, 0.5) is 0 Å². The summed E-state index contributed by atoms with van der Waals surface area (Å²) in [6, 6.07) is 7.16. The fourth-order valence-corrected chi connectivity index (χ4v) is 3.17. The highest BCUT2D eigenvalue weighted by atomic mass is 16.4. The predicted octanol–water partition coefficient (Wildman–Crippen LogP) is 4.11. The lowest BCUT2D eigenvalue weighted by Gasteiger charge is -2.12. The van der Waals surface area contributed by atoms with Crippen molar-refractivity contribution in [2.24, 2.45) is 23.9 Å². The highest BCUT2D eigenvalue weighted by molar-refractivity contribution is 6.04. The van der Waals surface area contributed by atoms with E-state index in [1.165, 1.54) is 0 Å². The molecule has 0 fully saturated rings. The van der Waals surface area contributed by atoms with Crippen molar-refractivity contribution in [2.45, 2.75) is 34.1 Å². The molecule has 0 atom stereocenters. The van der Waals surface area contributed by atoms with Crippen molar-refractivity contribution in [2.75, 3.05) is 0 Å². The Labute approximate surface area is 149 Å². The number of aromatic hydroxyl groups is 1. The molecule has 2 rings (SSSR count). The van der Waals surface area contributed by atoms with Gasteiger partial charge in [-0.15, -0.1) is 0 Å². The first kappa shape index (κ1) is 18.6. The lowest BCUT2D eigenvalue weighted by Crippen LogP contribution is -2.19. The zero-order valence-electron chi connectivity index (χ0n) is 15.5. The van der Waals surface area contributed by atoms with Crippen LogP contribution in [0.15, 0.2) is 35.5 Å². The van der Waals surface area contributed by atoms with Crippen molar-refractivity contribution in [3.05, 3.63) is 47.3 Å². The van der Waals surface area contributed by atoms with Gasteiger partial charge in [-0.25, -0.2) is 0 Å². The topological polar surface area (TPSA) is 83.8 Å². The van der Waals surface area contributed by atoms with E-state index in [2.05, 4.69) is 19.0 Å². The van der Waals surface area contributed by atoms with Crippen molar-refractivity contribution in [3.63, 3.8) is 0 Å². The highest BCUT2D eigenvalue weighted by Crippen LogP contribution is 2.38. The lowest BCUT2D eigenvalue weighted by molar-refractivity contribution is 0.318. The Kier molecular flexibility index (Phi) is 5.57. The quantitative estimate of drug-likeness (QED) is 0.331. The summed E-state index contributed by atoms with van der Waals surface area (Å²) in [4.78, 5) is 0. The van der Waals surface area contributed by atoms with Crippen LogP contribution in [0.1, 0.15) is 44.6 Å². The maximum Gasteiger partial charge on any atom is 0.187 e. The second-order valence-corrected chi connectivity index (χ2v) is 6.71. The van der Waals surface area contributed by atoms with Gasteiger partial charge in [-0.2, -0.15) is 0 Å². The molecule has 134 valence electrons. The first-order valence-electron chi connectivity index (χ1n) is 8.43. The summed E-state index contributed by atoms with van der Waals surface area (Å²) in [7, 11) is 1.95. The van der Waals surface area contributed by atoms with Gasteiger partial charge in [0.1, 0.15) is 5.75 Å². The zero-order chi connectivity index (χ0) is 18.7. The van der Waals surface area contributed by atoms with Crippen molar-refractivity contribution in [1.29, 1.82) is 0 Å². The molecule has 1 aromatic carbocycles. The number of rotatable bonds is 5. The first-order valence-corrected chi connectivity index (χ1v) is 8.43. The van der Waals surface area contributed by atoms with Crippen molar-refractivity contribution in [1.82, 2.24) is 4.57 Å². The van der Waals surface area contributed by atoms with Gasteiger partial charge >= 0.3 is 0 Å².